The highest BCUT2D eigenvalue weighted by atomic mass is 16.5. The Morgan fingerprint density at radius 2 is 1.55 bits per heavy atom. The largest absolute Gasteiger partial charge is 0.464 e. The van der Waals surface area contributed by atoms with E-state index in [0.29, 0.717) is 26.1 Å². The van der Waals surface area contributed by atoms with E-state index >= 15 is 0 Å². The van der Waals surface area contributed by atoms with E-state index in [4.69, 9.17) is 9.15 Å². The van der Waals surface area contributed by atoms with Crippen molar-refractivity contribution in [2.45, 2.75) is 78.3 Å². The summed E-state index contributed by atoms with van der Waals surface area (Å²) in [5.41, 5.74) is 1.05. The zero-order chi connectivity index (χ0) is 27.0. The van der Waals surface area contributed by atoms with E-state index in [1.807, 2.05) is 49.4 Å². The molecule has 1 fully saturated rings. The minimum absolute atomic E-state index is 0.0576. The third-order valence-corrected chi connectivity index (χ3v) is 7.17. The fourth-order valence-electron chi connectivity index (χ4n) is 4.83. The minimum Gasteiger partial charge on any atom is -0.464 e. The Morgan fingerprint density at radius 1 is 0.842 bits per heavy atom. The number of carbonyl (C=O) groups excluding carboxylic acids is 2. The quantitative estimate of drug-likeness (QED) is 0.258. The van der Waals surface area contributed by atoms with Gasteiger partial charge in [-0.15, -0.1) is 0 Å². The molecule has 7 nitrogen and oxygen atoms in total. The van der Waals surface area contributed by atoms with Crippen LogP contribution in [0.3, 0.4) is 0 Å². The minimum atomic E-state index is -0.0576. The molecular formula is C31H47N3O4. The van der Waals surface area contributed by atoms with Gasteiger partial charge in [-0.25, -0.2) is 0 Å². The number of aryl methyl sites for hydroxylation is 1. The number of nitrogens with zero attached hydrogens (tertiary/aromatic N) is 3. The molecule has 0 saturated carbocycles. The zero-order valence-electron chi connectivity index (χ0n) is 23.5. The Kier molecular flexibility index (Phi) is 13.4. The Hall–Kier alpha value is -2.64. The Morgan fingerprint density at radius 3 is 2.24 bits per heavy atom. The highest BCUT2D eigenvalue weighted by Crippen LogP contribution is 2.15. The van der Waals surface area contributed by atoms with E-state index in [1.54, 1.807) is 9.80 Å². The molecule has 2 aromatic rings. The fourth-order valence-corrected chi connectivity index (χ4v) is 4.83. The monoisotopic (exact) mass is 525 g/mol. The van der Waals surface area contributed by atoms with E-state index < -0.39 is 0 Å². The van der Waals surface area contributed by atoms with Gasteiger partial charge in [-0.2, -0.15) is 0 Å². The number of benzene rings is 1. The number of unbranched alkanes of at least 4 members (excludes halogenated alkanes) is 6. The lowest BCUT2D eigenvalue weighted by Gasteiger charge is -2.31. The highest BCUT2D eigenvalue weighted by Gasteiger charge is 2.23. The van der Waals surface area contributed by atoms with Crippen LogP contribution in [0, 0.1) is 6.92 Å². The molecule has 1 aliphatic rings. The number of ether oxygens (including phenoxy) is 1. The highest BCUT2D eigenvalue weighted by molar-refractivity contribution is 5.84. The number of hydrogen-bond donors (Lipinski definition) is 0. The van der Waals surface area contributed by atoms with Crippen molar-refractivity contribution in [1.29, 1.82) is 0 Å². The predicted molar refractivity (Wildman–Crippen MR) is 151 cm³/mol. The molecule has 210 valence electrons. The second-order valence-electron chi connectivity index (χ2n) is 10.4. The van der Waals surface area contributed by atoms with Gasteiger partial charge < -0.3 is 19.0 Å². The van der Waals surface area contributed by atoms with Crippen molar-refractivity contribution in [3.63, 3.8) is 0 Å². The van der Waals surface area contributed by atoms with Gasteiger partial charge in [0.25, 0.3) is 0 Å². The molecule has 0 unspecified atom stereocenters. The summed E-state index contributed by atoms with van der Waals surface area (Å²) < 4.78 is 11.3. The van der Waals surface area contributed by atoms with Gasteiger partial charge in [0.2, 0.25) is 11.8 Å². The van der Waals surface area contributed by atoms with Gasteiger partial charge in [-0.1, -0.05) is 75.8 Å². The van der Waals surface area contributed by atoms with Crippen LogP contribution >= 0.6 is 0 Å². The number of furan rings is 1. The van der Waals surface area contributed by atoms with Crippen molar-refractivity contribution in [3.8, 4) is 0 Å². The van der Waals surface area contributed by atoms with E-state index in [0.717, 1.165) is 62.8 Å². The maximum atomic E-state index is 13.7. The molecule has 7 heteroatoms. The third-order valence-electron chi connectivity index (χ3n) is 7.17. The maximum Gasteiger partial charge on any atom is 0.242 e. The molecule has 0 atom stereocenters. The standard InChI is InChI=1S/C31H47N3O4/c1-3-4-5-6-7-8-12-15-30(35)33(19-18-32-20-22-37-23-21-32)26-31(36)34(24-28-13-10-9-11-14-28)25-29-17-16-27(2)38-29/h9-11,13-14,16-17H,3-8,12,15,18-26H2,1-2H3. The number of amides is 2. The van der Waals surface area contributed by atoms with Crippen molar-refractivity contribution < 1.29 is 18.7 Å². The molecule has 1 aromatic heterocycles. The van der Waals surface area contributed by atoms with Crippen molar-refractivity contribution in [3.05, 3.63) is 59.5 Å². The molecule has 3 rings (SSSR count). The van der Waals surface area contributed by atoms with Crippen LogP contribution in [0.25, 0.3) is 0 Å². The predicted octanol–water partition coefficient (Wildman–Crippen LogP) is 5.42. The second-order valence-corrected chi connectivity index (χ2v) is 10.4. The summed E-state index contributed by atoms with van der Waals surface area (Å²) in [6.45, 7) is 9.56. The van der Waals surface area contributed by atoms with Gasteiger partial charge in [0.1, 0.15) is 11.5 Å². The number of carbonyl (C=O) groups is 2. The summed E-state index contributed by atoms with van der Waals surface area (Å²) in [6.07, 6.45) is 8.66. The van der Waals surface area contributed by atoms with Crippen LogP contribution in [0.1, 0.15) is 75.4 Å². The summed E-state index contributed by atoms with van der Waals surface area (Å²) >= 11 is 0. The molecule has 1 aromatic carbocycles. The first-order chi connectivity index (χ1) is 18.5. The van der Waals surface area contributed by atoms with Crippen molar-refractivity contribution >= 4 is 11.8 Å². The SMILES string of the molecule is CCCCCCCCCC(=O)N(CCN1CCOCC1)CC(=O)N(Cc1ccccc1)Cc1ccc(C)o1. The average molecular weight is 526 g/mol. The molecule has 38 heavy (non-hydrogen) atoms. The van der Waals surface area contributed by atoms with Gasteiger partial charge >= 0.3 is 0 Å². The Labute approximate surface area is 229 Å². The summed E-state index contributed by atoms with van der Waals surface area (Å²) in [6, 6.07) is 13.8. The Bertz CT molecular complexity index is 940. The van der Waals surface area contributed by atoms with Crippen LogP contribution in [0.5, 0.6) is 0 Å². The van der Waals surface area contributed by atoms with Gasteiger partial charge in [0.05, 0.1) is 26.3 Å². The van der Waals surface area contributed by atoms with E-state index in [-0.39, 0.29) is 18.4 Å². The molecule has 2 amide bonds. The summed E-state index contributed by atoms with van der Waals surface area (Å²) in [5.74, 6) is 1.59. The molecule has 2 heterocycles. The number of rotatable bonds is 17. The molecule has 0 spiro atoms. The Balaban J connectivity index is 1.62. The van der Waals surface area contributed by atoms with E-state index in [2.05, 4.69) is 11.8 Å². The lowest BCUT2D eigenvalue weighted by atomic mass is 10.1. The first kappa shape index (κ1) is 29.9. The lowest BCUT2D eigenvalue weighted by molar-refractivity contribution is -0.141. The summed E-state index contributed by atoms with van der Waals surface area (Å²) in [5, 5.41) is 0. The van der Waals surface area contributed by atoms with Crippen molar-refractivity contribution in [2.75, 3.05) is 45.9 Å². The number of hydrogen-bond acceptors (Lipinski definition) is 5. The lowest BCUT2D eigenvalue weighted by Crippen LogP contribution is -2.47. The van der Waals surface area contributed by atoms with Gasteiger partial charge in [-0.05, 0) is 31.0 Å². The fraction of sp³-hybridized carbons (Fsp3) is 0.613. The summed E-state index contributed by atoms with van der Waals surface area (Å²) in [4.78, 5) is 32.9. The number of morpholine rings is 1. The van der Waals surface area contributed by atoms with E-state index in [9.17, 15) is 9.59 Å². The van der Waals surface area contributed by atoms with Crippen LogP contribution in [0.2, 0.25) is 0 Å². The first-order valence-corrected chi connectivity index (χ1v) is 14.5. The second kappa shape index (κ2) is 17.0. The van der Waals surface area contributed by atoms with Crippen LogP contribution < -0.4 is 0 Å². The molecule has 1 aliphatic heterocycles. The average Bonchev–Trinajstić information content (AvgIpc) is 3.35. The zero-order valence-corrected chi connectivity index (χ0v) is 23.5. The van der Waals surface area contributed by atoms with E-state index in [1.165, 1.54) is 32.1 Å². The summed E-state index contributed by atoms with van der Waals surface area (Å²) in [7, 11) is 0. The molecule has 0 bridgehead atoms. The molecule has 0 aliphatic carbocycles. The molecule has 1 saturated heterocycles. The van der Waals surface area contributed by atoms with Crippen LogP contribution in [0.4, 0.5) is 0 Å². The third kappa shape index (κ3) is 11.0. The topological polar surface area (TPSA) is 66.2 Å². The van der Waals surface area contributed by atoms with Crippen LogP contribution in [-0.4, -0.2) is 72.5 Å². The molecule has 0 radical (unpaired) electrons. The normalized spacial score (nSPS) is 13.9. The van der Waals surface area contributed by atoms with Crippen LogP contribution in [-0.2, 0) is 27.4 Å². The molecular weight excluding hydrogens is 478 g/mol. The maximum absolute atomic E-state index is 13.7. The molecule has 0 N–H and O–H groups in total. The first-order valence-electron chi connectivity index (χ1n) is 14.5. The van der Waals surface area contributed by atoms with Crippen LogP contribution in [0.15, 0.2) is 46.9 Å². The van der Waals surface area contributed by atoms with Crippen molar-refractivity contribution in [2.24, 2.45) is 0 Å². The van der Waals surface area contributed by atoms with Gasteiger partial charge in [0.15, 0.2) is 0 Å². The van der Waals surface area contributed by atoms with Gasteiger partial charge in [-0.3, -0.25) is 14.5 Å². The van der Waals surface area contributed by atoms with Crippen molar-refractivity contribution in [1.82, 2.24) is 14.7 Å². The van der Waals surface area contributed by atoms with Gasteiger partial charge in [0, 0.05) is 39.1 Å². The smallest absolute Gasteiger partial charge is 0.242 e.